The molecule has 0 atom stereocenters. The van der Waals surface area contributed by atoms with Gasteiger partial charge in [0.05, 0.1) is 10.6 Å². The maximum atomic E-state index is 12.0. The van der Waals surface area contributed by atoms with Crippen molar-refractivity contribution in [2.75, 3.05) is 18.8 Å². The number of sulfone groups is 1. The van der Waals surface area contributed by atoms with Gasteiger partial charge in [0, 0.05) is 6.54 Å². The number of hydrogen-bond donors (Lipinski definition) is 1. The second-order valence-electron chi connectivity index (χ2n) is 4.31. The van der Waals surface area contributed by atoms with Crippen molar-refractivity contribution in [3.8, 4) is 0 Å². The largest absolute Gasteiger partial charge is 0.316 e. The Morgan fingerprint density at radius 3 is 2.41 bits per heavy atom. The third kappa shape index (κ3) is 4.13. The highest BCUT2D eigenvalue weighted by molar-refractivity contribution is 7.91. The maximum Gasteiger partial charge on any atom is 0.179 e. The first-order chi connectivity index (χ1) is 7.97. The molecule has 1 aromatic carbocycles. The van der Waals surface area contributed by atoms with Gasteiger partial charge in [-0.3, -0.25) is 0 Å². The Morgan fingerprint density at radius 1 is 1.12 bits per heavy atom. The zero-order valence-electron chi connectivity index (χ0n) is 10.8. The number of nitrogens with one attached hydrogen (secondary N) is 1. The number of benzene rings is 1. The fourth-order valence-electron chi connectivity index (χ4n) is 1.53. The first-order valence-corrected chi connectivity index (χ1v) is 7.63. The highest BCUT2D eigenvalue weighted by Gasteiger charge is 2.14. The number of rotatable bonds is 6. The van der Waals surface area contributed by atoms with Crippen molar-refractivity contribution >= 4 is 9.84 Å². The van der Waals surface area contributed by atoms with Crippen LogP contribution in [0.3, 0.4) is 0 Å². The van der Waals surface area contributed by atoms with E-state index in [0.717, 1.165) is 24.1 Å². The first kappa shape index (κ1) is 14.2. The summed E-state index contributed by atoms with van der Waals surface area (Å²) in [5.41, 5.74) is 2.14. The topological polar surface area (TPSA) is 46.2 Å². The van der Waals surface area contributed by atoms with Crippen LogP contribution in [-0.4, -0.2) is 27.3 Å². The summed E-state index contributed by atoms with van der Waals surface area (Å²) in [6.07, 6.45) is 1.02. The molecule has 96 valence electrons. The highest BCUT2D eigenvalue weighted by Crippen LogP contribution is 2.15. The van der Waals surface area contributed by atoms with Crippen LogP contribution in [0.25, 0.3) is 0 Å². The molecule has 0 amide bonds. The summed E-state index contributed by atoms with van der Waals surface area (Å²) >= 11 is 0. The van der Waals surface area contributed by atoms with Crippen LogP contribution in [0.4, 0.5) is 0 Å². The summed E-state index contributed by atoms with van der Waals surface area (Å²) in [5, 5.41) is 3.11. The van der Waals surface area contributed by atoms with Gasteiger partial charge in [-0.15, -0.1) is 0 Å². The van der Waals surface area contributed by atoms with Crippen molar-refractivity contribution in [3.05, 3.63) is 29.3 Å². The zero-order valence-corrected chi connectivity index (χ0v) is 11.6. The van der Waals surface area contributed by atoms with E-state index in [0.29, 0.717) is 11.4 Å². The van der Waals surface area contributed by atoms with Crippen molar-refractivity contribution in [1.29, 1.82) is 0 Å². The van der Waals surface area contributed by atoms with E-state index in [-0.39, 0.29) is 5.75 Å². The Hall–Kier alpha value is -0.870. The normalized spacial score (nSPS) is 11.7. The molecular weight excluding hydrogens is 234 g/mol. The molecule has 1 N–H and O–H groups in total. The van der Waals surface area contributed by atoms with Crippen LogP contribution in [0.1, 0.15) is 24.5 Å². The molecule has 1 rings (SSSR count). The molecule has 4 heteroatoms. The van der Waals surface area contributed by atoms with Gasteiger partial charge in [-0.05, 0) is 50.1 Å². The van der Waals surface area contributed by atoms with E-state index in [9.17, 15) is 8.42 Å². The molecule has 0 unspecified atom stereocenters. The highest BCUT2D eigenvalue weighted by atomic mass is 32.2. The van der Waals surface area contributed by atoms with Gasteiger partial charge in [0.25, 0.3) is 0 Å². The van der Waals surface area contributed by atoms with E-state index in [2.05, 4.69) is 12.2 Å². The third-order valence-electron chi connectivity index (χ3n) is 2.81. The monoisotopic (exact) mass is 255 g/mol. The van der Waals surface area contributed by atoms with Crippen LogP contribution in [0.15, 0.2) is 23.1 Å². The molecule has 1 aromatic rings. The molecule has 3 nitrogen and oxygen atoms in total. The Bertz CT molecular complexity index is 466. The van der Waals surface area contributed by atoms with Crippen molar-refractivity contribution in [2.45, 2.75) is 32.1 Å². The molecule has 17 heavy (non-hydrogen) atoms. The molecule has 0 aromatic heterocycles. The molecular formula is C13H21NO2S. The van der Waals surface area contributed by atoms with Crippen LogP contribution >= 0.6 is 0 Å². The summed E-state index contributed by atoms with van der Waals surface area (Å²) in [6.45, 7) is 7.36. The lowest BCUT2D eigenvalue weighted by Crippen LogP contribution is -2.23. The summed E-state index contributed by atoms with van der Waals surface area (Å²) in [4.78, 5) is 0.430. The predicted octanol–water partition coefficient (Wildman–Crippen LogP) is 2.08. The molecule has 0 aliphatic rings. The summed E-state index contributed by atoms with van der Waals surface area (Å²) in [5.74, 6) is 0.162. The van der Waals surface area contributed by atoms with Crippen LogP contribution in [0.5, 0.6) is 0 Å². The molecule has 0 saturated heterocycles. The zero-order chi connectivity index (χ0) is 12.9. The Balaban J connectivity index is 2.72. The van der Waals surface area contributed by atoms with Crippen LogP contribution in [-0.2, 0) is 9.84 Å². The maximum absolute atomic E-state index is 12.0. The minimum Gasteiger partial charge on any atom is -0.316 e. The van der Waals surface area contributed by atoms with Gasteiger partial charge in [0.1, 0.15) is 0 Å². The van der Waals surface area contributed by atoms with Crippen LogP contribution < -0.4 is 5.32 Å². The van der Waals surface area contributed by atoms with E-state index < -0.39 is 9.84 Å². The van der Waals surface area contributed by atoms with E-state index in [4.69, 9.17) is 0 Å². The fraction of sp³-hybridized carbons (Fsp3) is 0.538. The Morgan fingerprint density at radius 2 is 1.82 bits per heavy atom. The average molecular weight is 255 g/mol. The smallest absolute Gasteiger partial charge is 0.179 e. The fourth-order valence-corrected chi connectivity index (χ4v) is 2.81. The van der Waals surface area contributed by atoms with Gasteiger partial charge in [-0.25, -0.2) is 8.42 Å². The van der Waals surface area contributed by atoms with Gasteiger partial charge in [0.2, 0.25) is 0 Å². The summed E-state index contributed by atoms with van der Waals surface area (Å²) < 4.78 is 24.0. The molecule has 0 spiro atoms. The quantitative estimate of drug-likeness (QED) is 0.792. The van der Waals surface area contributed by atoms with Gasteiger partial charge >= 0.3 is 0 Å². The average Bonchev–Trinajstić information content (AvgIpc) is 2.28. The standard InChI is InChI=1S/C13H21NO2S/c1-4-7-14-8-9-17(15,16)13-6-5-11(2)12(3)10-13/h5-6,10,14H,4,7-9H2,1-3H3. The number of hydrogen-bond acceptors (Lipinski definition) is 3. The number of aryl methyl sites for hydroxylation is 2. The lowest BCUT2D eigenvalue weighted by molar-refractivity contribution is 0.590. The van der Waals surface area contributed by atoms with Crippen molar-refractivity contribution in [2.24, 2.45) is 0 Å². The van der Waals surface area contributed by atoms with Crippen molar-refractivity contribution < 1.29 is 8.42 Å². The van der Waals surface area contributed by atoms with Gasteiger partial charge in [-0.2, -0.15) is 0 Å². The Kier molecular flexibility index (Phi) is 5.15. The molecule has 0 radical (unpaired) electrons. The summed E-state index contributed by atoms with van der Waals surface area (Å²) in [6, 6.07) is 5.31. The van der Waals surface area contributed by atoms with Crippen molar-refractivity contribution in [3.63, 3.8) is 0 Å². The van der Waals surface area contributed by atoms with Crippen LogP contribution in [0.2, 0.25) is 0 Å². The summed E-state index contributed by atoms with van der Waals surface area (Å²) in [7, 11) is -3.14. The third-order valence-corrected chi connectivity index (χ3v) is 4.53. The lowest BCUT2D eigenvalue weighted by Gasteiger charge is -2.07. The molecule has 0 saturated carbocycles. The van der Waals surface area contributed by atoms with E-state index in [1.807, 2.05) is 19.9 Å². The van der Waals surface area contributed by atoms with Gasteiger partial charge in [0.15, 0.2) is 9.84 Å². The van der Waals surface area contributed by atoms with E-state index in [1.54, 1.807) is 12.1 Å². The molecule has 0 aliphatic heterocycles. The second kappa shape index (κ2) is 6.17. The first-order valence-electron chi connectivity index (χ1n) is 5.98. The predicted molar refractivity (Wildman–Crippen MR) is 71.1 cm³/mol. The lowest BCUT2D eigenvalue weighted by atomic mass is 10.1. The van der Waals surface area contributed by atoms with Crippen molar-refractivity contribution in [1.82, 2.24) is 5.32 Å². The minimum absolute atomic E-state index is 0.162. The second-order valence-corrected chi connectivity index (χ2v) is 6.42. The van der Waals surface area contributed by atoms with Gasteiger partial charge in [-0.1, -0.05) is 13.0 Å². The van der Waals surface area contributed by atoms with Crippen LogP contribution in [0, 0.1) is 13.8 Å². The molecule has 0 bridgehead atoms. The molecule has 0 fully saturated rings. The van der Waals surface area contributed by atoms with E-state index in [1.165, 1.54) is 0 Å². The molecule has 0 aliphatic carbocycles. The minimum atomic E-state index is -3.14. The van der Waals surface area contributed by atoms with Gasteiger partial charge < -0.3 is 5.32 Å². The molecule has 0 heterocycles. The SMILES string of the molecule is CCCNCCS(=O)(=O)c1ccc(C)c(C)c1. The Labute approximate surface area is 104 Å². The van der Waals surface area contributed by atoms with E-state index >= 15 is 0 Å².